The number of rotatable bonds is 8. The Morgan fingerprint density at radius 1 is 1.17 bits per heavy atom. The first-order valence-corrected chi connectivity index (χ1v) is 11.3. The summed E-state index contributed by atoms with van der Waals surface area (Å²) in [7, 11) is 1.66. The van der Waals surface area contributed by atoms with E-state index in [0.29, 0.717) is 26.1 Å². The average Bonchev–Trinajstić information content (AvgIpc) is 3.24. The summed E-state index contributed by atoms with van der Waals surface area (Å²) in [6.45, 7) is 2.80. The minimum Gasteiger partial charge on any atom is -0.497 e. The topological polar surface area (TPSA) is 56.6 Å². The minimum absolute atomic E-state index is 0.0498. The van der Waals surface area contributed by atoms with Crippen LogP contribution in [0.2, 0.25) is 0 Å². The molecule has 1 aliphatic carbocycles. The number of nitrogens with zero attached hydrogens (tertiary/aromatic N) is 3. The first kappa shape index (κ1) is 20.9. The number of carbonyl (C=O) groups is 1. The number of benzene rings is 1. The zero-order chi connectivity index (χ0) is 20.8. The van der Waals surface area contributed by atoms with Crippen LogP contribution >= 0.6 is 0 Å². The van der Waals surface area contributed by atoms with E-state index in [0.717, 1.165) is 29.5 Å². The molecule has 1 saturated carbocycles. The third-order valence-corrected chi connectivity index (χ3v) is 6.40. The van der Waals surface area contributed by atoms with Crippen LogP contribution in [0.4, 0.5) is 0 Å². The van der Waals surface area contributed by atoms with Gasteiger partial charge in [0.15, 0.2) is 0 Å². The van der Waals surface area contributed by atoms with Crippen molar-refractivity contribution in [1.29, 1.82) is 0 Å². The summed E-state index contributed by atoms with van der Waals surface area (Å²) in [6.07, 6.45) is 12.2. The van der Waals surface area contributed by atoms with Gasteiger partial charge in [0.05, 0.1) is 25.7 Å². The monoisotopic (exact) mass is 411 g/mol. The van der Waals surface area contributed by atoms with Crippen molar-refractivity contribution in [2.75, 3.05) is 20.3 Å². The normalized spacial score (nSPS) is 20.5. The number of amides is 1. The number of morpholine rings is 1. The lowest BCUT2D eigenvalue weighted by Gasteiger charge is -2.32. The fourth-order valence-corrected chi connectivity index (χ4v) is 4.58. The van der Waals surface area contributed by atoms with Gasteiger partial charge in [-0.1, -0.05) is 44.2 Å². The highest BCUT2D eigenvalue weighted by Crippen LogP contribution is 2.26. The molecule has 162 valence electrons. The Morgan fingerprint density at radius 2 is 1.97 bits per heavy atom. The molecular formula is C24H33N3O3. The van der Waals surface area contributed by atoms with E-state index in [-0.39, 0.29) is 5.91 Å². The van der Waals surface area contributed by atoms with Crippen molar-refractivity contribution in [1.82, 2.24) is 14.5 Å². The zero-order valence-corrected chi connectivity index (χ0v) is 18.0. The van der Waals surface area contributed by atoms with Crippen LogP contribution in [0.1, 0.15) is 49.8 Å². The van der Waals surface area contributed by atoms with Crippen LogP contribution < -0.4 is 4.74 Å². The van der Waals surface area contributed by atoms with Gasteiger partial charge in [-0.3, -0.25) is 4.79 Å². The van der Waals surface area contributed by atoms with Crippen molar-refractivity contribution in [3.8, 4) is 5.75 Å². The van der Waals surface area contributed by atoms with E-state index in [2.05, 4.69) is 15.7 Å². The lowest BCUT2D eigenvalue weighted by atomic mass is 9.87. The standard InChI is InChI=1S/C24H33N3O3/c1-29-22-9-7-20(8-10-22)16-27-13-14-30-23(24(27)28)15-21-17-26(18-25-21)12-11-19-5-3-2-4-6-19/h7-10,17-19,23H,2-6,11-16H2,1H3/t23-/m0/s1. The number of aromatic nitrogens is 2. The summed E-state index contributed by atoms with van der Waals surface area (Å²) in [5, 5.41) is 0. The van der Waals surface area contributed by atoms with Gasteiger partial charge in [-0.15, -0.1) is 0 Å². The molecule has 0 spiro atoms. The second-order valence-electron chi connectivity index (χ2n) is 8.57. The number of imidazole rings is 1. The van der Waals surface area contributed by atoms with Gasteiger partial charge in [0.25, 0.3) is 5.91 Å². The molecule has 30 heavy (non-hydrogen) atoms. The fourth-order valence-electron chi connectivity index (χ4n) is 4.58. The molecule has 6 nitrogen and oxygen atoms in total. The van der Waals surface area contributed by atoms with Crippen LogP contribution in [0.15, 0.2) is 36.8 Å². The van der Waals surface area contributed by atoms with Crippen LogP contribution in [-0.2, 0) is 29.0 Å². The quantitative estimate of drug-likeness (QED) is 0.662. The fraction of sp³-hybridized carbons (Fsp3) is 0.583. The van der Waals surface area contributed by atoms with Crippen molar-refractivity contribution >= 4 is 5.91 Å². The predicted octanol–water partition coefficient (Wildman–Crippen LogP) is 3.83. The number of hydrogen-bond donors (Lipinski definition) is 0. The maximum atomic E-state index is 12.9. The summed E-state index contributed by atoms with van der Waals surface area (Å²) >= 11 is 0. The van der Waals surface area contributed by atoms with Crippen LogP contribution in [0.5, 0.6) is 5.75 Å². The van der Waals surface area contributed by atoms with E-state index >= 15 is 0 Å². The highest BCUT2D eigenvalue weighted by atomic mass is 16.5. The molecule has 6 heteroatoms. The molecule has 4 rings (SSSR count). The number of ether oxygens (including phenoxy) is 2. The summed E-state index contributed by atoms with van der Waals surface area (Å²) < 4.78 is 13.2. The van der Waals surface area contributed by atoms with Gasteiger partial charge >= 0.3 is 0 Å². The van der Waals surface area contributed by atoms with Crippen molar-refractivity contribution in [2.45, 2.75) is 64.1 Å². The Labute approximate surface area is 179 Å². The van der Waals surface area contributed by atoms with Gasteiger partial charge in [0.2, 0.25) is 0 Å². The van der Waals surface area contributed by atoms with E-state index in [1.807, 2.05) is 35.5 Å². The van der Waals surface area contributed by atoms with Gasteiger partial charge in [0.1, 0.15) is 11.9 Å². The lowest BCUT2D eigenvalue weighted by Crippen LogP contribution is -2.48. The van der Waals surface area contributed by atoms with Gasteiger partial charge in [-0.25, -0.2) is 4.98 Å². The van der Waals surface area contributed by atoms with Gasteiger partial charge in [-0.05, 0) is 30.0 Å². The molecule has 2 heterocycles. The molecule has 1 aromatic heterocycles. The molecule has 2 aromatic rings. The highest BCUT2D eigenvalue weighted by Gasteiger charge is 2.30. The third-order valence-electron chi connectivity index (χ3n) is 6.40. The summed E-state index contributed by atoms with van der Waals surface area (Å²) in [4.78, 5) is 19.4. The van der Waals surface area contributed by atoms with Crippen LogP contribution in [-0.4, -0.2) is 46.7 Å². The molecule has 1 saturated heterocycles. The number of methoxy groups -OCH3 is 1. The first-order chi connectivity index (χ1) is 14.7. The Bertz CT molecular complexity index is 811. The van der Waals surface area contributed by atoms with E-state index in [9.17, 15) is 4.79 Å². The Balaban J connectivity index is 1.29. The lowest BCUT2D eigenvalue weighted by molar-refractivity contribution is -0.153. The number of aryl methyl sites for hydroxylation is 1. The average molecular weight is 412 g/mol. The summed E-state index contributed by atoms with van der Waals surface area (Å²) in [5.74, 6) is 1.73. The molecule has 2 fully saturated rings. The molecule has 0 bridgehead atoms. The van der Waals surface area contributed by atoms with Gasteiger partial charge < -0.3 is 18.9 Å². The highest BCUT2D eigenvalue weighted by molar-refractivity contribution is 5.81. The van der Waals surface area contributed by atoms with Crippen molar-refractivity contribution in [2.24, 2.45) is 5.92 Å². The molecule has 2 aliphatic rings. The zero-order valence-electron chi connectivity index (χ0n) is 18.0. The van der Waals surface area contributed by atoms with Crippen LogP contribution in [0, 0.1) is 5.92 Å². The molecule has 0 unspecified atom stereocenters. The number of carbonyl (C=O) groups excluding carboxylic acids is 1. The Kier molecular flexibility index (Phi) is 7.05. The molecule has 0 N–H and O–H groups in total. The van der Waals surface area contributed by atoms with Gasteiger partial charge in [-0.2, -0.15) is 0 Å². The second kappa shape index (κ2) is 10.1. The number of hydrogen-bond acceptors (Lipinski definition) is 4. The third kappa shape index (κ3) is 5.42. The van der Waals surface area contributed by atoms with E-state index < -0.39 is 6.10 Å². The maximum absolute atomic E-state index is 12.9. The van der Waals surface area contributed by atoms with E-state index in [1.165, 1.54) is 38.5 Å². The molecule has 1 atom stereocenters. The van der Waals surface area contributed by atoms with Crippen molar-refractivity contribution < 1.29 is 14.3 Å². The SMILES string of the molecule is COc1ccc(CN2CCO[C@@H](Cc3cn(CCC4CCCCC4)cn3)C2=O)cc1. The molecular weight excluding hydrogens is 378 g/mol. The van der Waals surface area contributed by atoms with Crippen LogP contribution in [0.25, 0.3) is 0 Å². The second-order valence-corrected chi connectivity index (χ2v) is 8.57. The molecule has 0 radical (unpaired) electrons. The predicted molar refractivity (Wildman–Crippen MR) is 115 cm³/mol. The largest absolute Gasteiger partial charge is 0.497 e. The first-order valence-electron chi connectivity index (χ1n) is 11.3. The Hall–Kier alpha value is -2.34. The van der Waals surface area contributed by atoms with Gasteiger partial charge in [0, 0.05) is 32.3 Å². The summed E-state index contributed by atoms with van der Waals surface area (Å²) in [6, 6.07) is 7.87. The molecule has 1 amide bonds. The molecule has 1 aliphatic heterocycles. The van der Waals surface area contributed by atoms with Crippen molar-refractivity contribution in [3.63, 3.8) is 0 Å². The smallest absolute Gasteiger partial charge is 0.252 e. The molecule has 1 aromatic carbocycles. The maximum Gasteiger partial charge on any atom is 0.252 e. The van der Waals surface area contributed by atoms with Crippen LogP contribution in [0.3, 0.4) is 0 Å². The van der Waals surface area contributed by atoms with Crippen molar-refractivity contribution in [3.05, 3.63) is 48.0 Å². The van der Waals surface area contributed by atoms with E-state index in [1.54, 1.807) is 7.11 Å². The minimum atomic E-state index is -0.446. The Morgan fingerprint density at radius 3 is 2.73 bits per heavy atom. The summed E-state index contributed by atoms with van der Waals surface area (Å²) in [5.41, 5.74) is 2.03. The van der Waals surface area contributed by atoms with E-state index in [4.69, 9.17) is 9.47 Å².